The molecule has 2 aromatic carbocycles. The van der Waals surface area contributed by atoms with E-state index >= 15 is 0 Å². The van der Waals surface area contributed by atoms with E-state index in [1.165, 1.54) is 19.2 Å². The second kappa shape index (κ2) is 10.2. The zero-order valence-corrected chi connectivity index (χ0v) is 18.4. The summed E-state index contributed by atoms with van der Waals surface area (Å²) in [5, 5.41) is 7.85. The SMILES string of the molecule is Cc1ccc(S(=O)(=O)N(C)CC(=O)NNC(=O)CCc2nnc(-c3ccccc3)o2)cc1. The first kappa shape index (κ1) is 23.1. The Hall–Kier alpha value is -3.57. The Bertz CT molecular complexity index is 1180. The van der Waals surface area contributed by atoms with Crippen molar-refractivity contribution in [1.29, 1.82) is 0 Å². The maximum absolute atomic E-state index is 12.5. The van der Waals surface area contributed by atoms with Gasteiger partial charge in [0.15, 0.2) is 0 Å². The van der Waals surface area contributed by atoms with E-state index in [-0.39, 0.29) is 23.6 Å². The number of aromatic nitrogens is 2. The number of hydrazine groups is 1. The second-order valence-electron chi connectivity index (χ2n) is 7.04. The van der Waals surface area contributed by atoms with E-state index in [9.17, 15) is 18.0 Å². The van der Waals surface area contributed by atoms with E-state index in [1.807, 2.05) is 37.3 Å². The number of carbonyl (C=O) groups is 2. The Morgan fingerprint density at radius 3 is 2.31 bits per heavy atom. The van der Waals surface area contributed by atoms with E-state index in [2.05, 4.69) is 21.0 Å². The summed E-state index contributed by atoms with van der Waals surface area (Å²) in [6.07, 6.45) is 0.178. The fraction of sp³-hybridized carbons (Fsp3) is 0.238. The summed E-state index contributed by atoms with van der Waals surface area (Å²) in [6, 6.07) is 15.5. The molecule has 0 atom stereocenters. The molecule has 3 aromatic rings. The molecular formula is C21H23N5O5S. The van der Waals surface area contributed by atoms with Crippen molar-refractivity contribution in [2.24, 2.45) is 0 Å². The predicted octanol–water partition coefficient (Wildman–Crippen LogP) is 1.45. The van der Waals surface area contributed by atoms with Crippen LogP contribution >= 0.6 is 0 Å². The van der Waals surface area contributed by atoms with E-state index in [4.69, 9.17) is 4.42 Å². The van der Waals surface area contributed by atoms with Gasteiger partial charge in [-0.15, -0.1) is 10.2 Å². The number of nitrogens with one attached hydrogen (secondary N) is 2. The molecule has 3 rings (SSSR count). The number of aryl methyl sites for hydroxylation is 2. The number of nitrogens with zero attached hydrogens (tertiary/aromatic N) is 3. The van der Waals surface area contributed by atoms with Crippen LogP contribution in [-0.2, 0) is 26.0 Å². The van der Waals surface area contributed by atoms with Gasteiger partial charge in [-0.1, -0.05) is 35.9 Å². The van der Waals surface area contributed by atoms with Crippen molar-refractivity contribution in [3.05, 3.63) is 66.1 Å². The summed E-state index contributed by atoms with van der Waals surface area (Å²) < 4.78 is 31.5. The summed E-state index contributed by atoms with van der Waals surface area (Å²) in [4.78, 5) is 24.1. The van der Waals surface area contributed by atoms with Gasteiger partial charge in [0.1, 0.15) is 0 Å². The zero-order chi connectivity index (χ0) is 23.1. The van der Waals surface area contributed by atoms with Gasteiger partial charge >= 0.3 is 0 Å². The summed E-state index contributed by atoms with van der Waals surface area (Å²) >= 11 is 0. The van der Waals surface area contributed by atoms with Crippen LogP contribution in [0.3, 0.4) is 0 Å². The van der Waals surface area contributed by atoms with Crippen LogP contribution in [-0.4, -0.2) is 48.3 Å². The molecule has 0 aliphatic rings. The number of sulfonamides is 1. The van der Waals surface area contributed by atoms with Crippen LogP contribution in [0.4, 0.5) is 0 Å². The molecule has 10 nitrogen and oxygen atoms in total. The number of hydrogen-bond acceptors (Lipinski definition) is 7. The van der Waals surface area contributed by atoms with Crippen LogP contribution in [0, 0.1) is 6.92 Å². The monoisotopic (exact) mass is 457 g/mol. The number of benzene rings is 2. The van der Waals surface area contributed by atoms with E-state index < -0.39 is 28.4 Å². The van der Waals surface area contributed by atoms with Gasteiger partial charge in [-0.3, -0.25) is 20.4 Å². The van der Waals surface area contributed by atoms with Gasteiger partial charge in [-0.2, -0.15) is 4.31 Å². The van der Waals surface area contributed by atoms with Crippen LogP contribution in [0.25, 0.3) is 11.5 Å². The average molecular weight is 458 g/mol. The highest BCUT2D eigenvalue weighted by Crippen LogP contribution is 2.17. The molecule has 0 bridgehead atoms. The minimum Gasteiger partial charge on any atom is -0.421 e. The first-order chi connectivity index (χ1) is 15.3. The van der Waals surface area contributed by atoms with Gasteiger partial charge in [0.25, 0.3) is 5.91 Å². The molecule has 2 N–H and O–H groups in total. The molecule has 0 spiro atoms. The summed E-state index contributed by atoms with van der Waals surface area (Å²) in [5.41, 5.74) is 6.14. The average Bonchev–Trinajstić information content (AvgIpc) is 3.26. The molecule has 0 aliphatic heterocycles. The maximum atomic E-state index is 12.5. The molecule has 1 heterocycles. The third-order valence-corrected chi connectivity index (χ3v) is 6.31. The van der Waals surface area contributed by atoms with Crippen LogP contribution in [0.1, 0.15) is 17.9 Å². The molecule has 0 radical (unpaired) electrons. The van der Waals surface area contributed by atoms with Crippen LogP contribution in [0.2, 0.25) is 0 Å². The predicted molar refractivity (Wildman–Crippen MR) is 115 cm³/mol. The van der Waals surface area contributed by atoms with Crippen molar-refractivity contribution in [3.8, 4) is 11.5 Å². The lowest BCUT2D eigenvalue weighted by Crippen LogP contribution is -2.46. The fourth-order valence-electron chi connectivity index (χ4n) is 2.69. The Labute approximate surface area is 185 Å². The highest BCUT2D eigenvalue weighted by Gasteiger charge is 2.23. The van der Waals surface area contributed by atoms with Crippen LogP contribution in [0.5, 0.6) is 0 Å². The number of amides is 2. The zero-order valence-electron chi connectivity index (χ0n) is 17.6. The van der Waals surface area contributed by atoms with Gasteiger partial charge in [-0.05, 0) is 31.2 Å². The maximum Gasteiger partial charge on any atom is 0.253 e. The Balaban J connectivity index is 1.44. The quantitative estimate of drug-likeness (QED) is 0.489. The van der Waals surface area contributed by atoms with E-state index in [0.717, 1.165) is 15.4 Å². The van der Waals surface area contributed by atoms with Gasteiger partial charge in [0.05, 0.1) is 11.4 Å². The van der Waals surface area contributed by atoms with Crippen molar-refractivity contribution in [2.75, 3.05) is 13.6 Å². The molecule has 0 saturated heterocycles. The molecule has 0 saturated carbocycles. The summed E-state index contributed by atoms with van der Waals surface area (Å²) in [5.74, 6) is -0.524. The second-order valence-corrected chi connectivity index (χ2v) is 9.08. The first-order valence-electron chi connectivity index (χ1n) is 9.74. The molecule has 1 aromatic heterocycles. The highest BCUT2D eigenvalue weighted by molar-refractivity contribution is 7.89. The van der Waals surface area contributed by atoms with Gasteiger partial charge in [0, 0.05) is 25.5 Å². The largest absolute Gasteiger partial charge is 0.421 e. The van der Waals surface area contributed by atoms with Crippen molar-refractivity contribution >= 4 is 21.8 Å². The molecule has 168 valence electrons. The number of carbonyl (C=O) groups excluding carboxylic acids is 2. The van der Waals surface area contributed by atoms with Crippen LogP contribution in [0.15, 0.2) is 63.9 Å². The van der Waals surface area contributed by atoms with Gasteiger partial charge < -0.3 is 4.42 Å². The molecule has 0 unspecified atom stereocenters. The molecule has 0 aliphatic carbocycles. The Kier molecular flexibility index (Phi) is 7.33. The van der Waals surface area contributed by atoms with Crippen molar-refractivity contribution in [1.82, 2.24) is 25.4 Å². The Morgan fingerprint density at radius 2 is 1.62 bits per heavy atom. The standard InChI is InChI=1S/C21H23N5O5S/c1-15-8-10-17(11-9-15)32(29,30)26(2)14-19(28)23-22-18(27)12-13-20-24-25-21(31-20)16-6-4-3-5-7-16/h3-11H,12-14H2,1-2H3,(H,22,27)(H,23,28). The lowest BCUT2D eigenvalue weighted by Gasteiger charge is -2.17. The summed E-state index contributed by atoms with van der Waals surface area (Å²) in [7, 11) is -2.54. The van der Waals surface area contributed by atoms with Crippen molar-refractivity contribution < 1.29 is 22.4 Å². The Morgan fingerprint density at radius 1 is 0.969 bits per heavy atom. The third kappa shape index (κ3) is 5.99. The van der Waals surface area contributed by atoms with E-state index in [1.54, 1.807) is 12.1 Å². The number of likely N-dealkylation sites (N-methyl/N-ethyl adjacent to an activating group) is 1. The molecule has 2 amide bonds. The lowest BCUT2D eigenvalue weighted by atomic mass is 10.2. The molecule has 11 heteroatoms. The highest BCUT2D eigenvalue weighted by atomic mass is 32.2. The van der Waals surface area contributed by atoms with Crippen molar-refractivity contribution in [2.45, 2.75) is 24.7 Å². The lowest BCUT2D eigenvalue weighted by molar-refractivity contribution is -0.128. The fourth-order valence-corrected chi connectivity index (χ4v) is 3.82. The molecule has 32 heavy (non-hydrogen) atoms. The topological polar surface area (TPSA) is 134 Å². The normalized spacial score (nSPS) is 11.3. The minimum atomic E-state index is -3.82. The van der Waals surface area contributed by atoms with Crippen molar-refractivity contribution in [3.63, 3.8) is 0 Å². The molecule has 0 fully saturated rings. The minimum absolute atomic E-state index is 0.00575. The van der Waals surface area contributed by atoms with Gasteiger partial charge in [-0.25, -0.2) is 8.42 Å². The van der Waals surface area contributed by atoms with E-state index in [0.29, 0.717) is 5.89 Å². The number of hydrogen-bond donors (Lipinski definition) is 2. The van der Waals surface area contributed by atoms with Gasteiger partial charge in [0.2, 0.25) is 27.7 Å². The van der Waals surface area contributed by atoms with Crippen LogP contribution < -0.4 is 10.9 Å². The third-order valence-electron chi connectivity index (χ3n) is 4.49. The smallest absolute Gasteiger partial charge is 0.253 e. The molecular weight excluding hydrogens is 434 g/mol. The summed E-state index contributed by atoms with van der Waals surface area (Å²) in [6.45, 7) is 1.39. The number of rotatable bonds is 8. The first-order valence-corrected chi connectivity index (χ1v) is 11.2.